The summed E-state index contributed by atoms with van der Waals surface area (Å²) in [7, 11) is 0. The number of rotatable bonds is 4. The van der Waals surface area contributed by atoms with Crippen LogP contribution in [0.3, 0.4) is 0 Å². The molecular formula is C15H20N2O4. The molecule has 0 bridgehead atoms. The van der Waals surface area contributed by atoms with Gasteiger partial charge in [0.25, 0.3) is 5.56 Å². The maximum absolute atomic E-state index is 11.9. The minimum absolute atomic E-state index is 0.0769. The highest BCUT2D eigenvalue weighted by atomic mass is 16.3. The molecule has 1 aromatic heterocycles. The van der Waals surface area contributed by atoms with E-state index in [-0.39, 0.29) is 18.8 Å². The van der Waals surface area contributed by atoms with Crippen LogP contribution in [0.15, 0.2) is 39.1 Å². The third kappa shape index (κ3) is 3.40. The predicted molar refractivity (Wildman–Crippen MR) is 79.1 cm³/mol. The molecule has 1 aromatic rings. The molecule has 0 saturated carbocycles. The van der Waals surface area contributed by atoms with Crippen LogP contribution in [0.2, 0.25) is 0 Å². The number of aromatic nitrogens is 2. The molecule has 0 fully saturated rings. The number of aromatic amines is 1. The van der Waals surface area contributed by atoms with Crippen LogP contribution in [0.1, 0.15) is 18.9 Å². The van der Waals surface area contributed by atoms with Crippen molar-refractivity contribution in [3.8, 4) is 0 Å². The minimum atomic E-state index is -0.453. The summed E-state index contributed by atoms with van der Waals surface area (Å²) in [5.74, 6) is 0. The molecule has 6 nitrogen and oxygen atoms in total. The molecule has 0 aliphatic heterocycles. The molecule has 1 unspecified atom stereocenters. The van der Waals surface area contributed by atoms with Crippen molar-refractivity contribution in [3.05, 3.63) is 55.9 Å². The predicted octanol–water partition coefficient (Wildman–Crippen LogP) is 0.0924. The Balaban J connectivity index is 2.37. The Bertz CT molecular complexity index is 711. The van der Waals surface area contributed by atoms with E-state index < -0.39 is 11.1 Å². The number of H-pyrrole nitrogens is 1. The minimum Gasteiger partial charge on any atom is -0.392 e. The molecule has 6 heteroatoms. The summed E-state index contributed by atoms with van der Waals surface area (Å²) in [5.41, 5.74) is 0.774. The Morgan fingerprint density at radius 3 is 2.67 bits per heavy atom. The van der Waals surface area contributed by atoms with Crippen LogP contribution in [-0.4, -0.2) is 33.0 Å². The molecule has 3 N–H and O–H groups in total. The molecule has 0 amide bonds. The van der Waals surface area contributed by atoms with Gasteiger partial charge in [0.1, 0.15) is 0 Å². The molecule has 114 valence electrons. The Morgan fingerprint density at radius 1 is 1.33 bits per heavy atom. The smallest absolute Gasteiger partial charge is 0.328 e. The van der Waals surface area contributed by atoms with Crippen molar-refractivity contribution in [3.63, 3.8) is 0 Å². The number of aryl methyl sites for hydroxylation is 1. The zero-order chi connectivity index (χ0) is 15.6. The van der Waals surface area contributed by atoms with Crippen molar-refractivity contribution >= 4 is 0 Å². The molecule has 1 aliphatic carbocycles. The van der Waals surface area contributed by atoms with Crippen LogP contribution in [0.4, 0.5) is 0 Å². The number of aliphatic hydroxyl groups is 2. The van der Waals surface area contributed by atoms with Gasteiger partial charge in [0.15, 0.2) is 0 Å². The standard InChI is InChI=1S/C15H20N2O4/c1-10-6-17(14(21)16-13(10)20)9-15(2)4-11(7-18)3-12(5-15)8-19/h3-4,6,18-19H,5,7-9H2,1-2H3,(H,16,20,21). The molecule has 0 aromatic carbocycles. The van der Waals surface area contributed by atoms with Gasteiger partial charge in [0, 0.05) is 23.7 Å². The van der Waals surface area contributed by atoms with Crippen LogP contribution in [0, 0.1) is 12.3 Å². The first-order chi connectivity index (χ1) is 9.86. The average Bonchev–Trinajstić information content (AvgIpc) is 2.43. The maximum atomic E-state index is 11.9. The van der Waals surface area contributed by atoms with Gasteiger partial charge in [-0.1, -0.05) is 19.1 Å². The number of hydrogen-bond acceptors (Lipinski definition) is 4. The molecule has 0 saturated heterocycles. The van der Waals surface area contributed by atoms with Gasteiger partial charge in [-0.3, -0.25) is 14.3 Å². The van der Waals surface area contributed by atoms with Crippen LogP contribution >= 0.6 is 0 Å². The van der Waals surface area contributed by atoms with E-state index in [0.717, 1.165) is 11.1 Å². The number of hydrogen-bond donors (Lipinski definition) is 3. The van der Waals surface area contributed by atoms with Crippen molar-refractivity contribution in [2.75, 3.05) is 13.2 Å². The summed E-state index contributed by atoms with van der Waals surface area (Å²) in [6.45, 7) is 3.78. The summed E-state index contributed by atoms with van der Waals surface area (Å²) >= 11 is 0. The normalized spacial score (nSPS) is 21.9. The van der Waals surface area contributed by atoms with E-state index in [9.17, 15) is 19.8 Å². The van der Waals surface area contributed by atoms with Crippen molar-refractivity contribution < 1.29 is 10.2 Å². The van der Waals surface area contributed by atoms with E-state index >= 15 is 0 Å². The SMILES string of the molecule is Cc1cn(CC2(C)C=C(CO)C=C(CO)C2)c(=O)[nH]c1=O. The summed E-state index contributed by atoms with van der Waals surface area (Å²) in [6, 6.07) is 0. The van der Waals surface area contributed by atoms with E-state index in [1.807, 2.05) is 13.0 Å². The average molecular weight is 292 g/mol. The summed E-state index contributed by atoms with van der Waals surface area (Å²) in [6.07, 6.45) is 5.83. The zero-order valence-corrected chi connectivity index (χ0v) is 12.2. The fourth-order valence-electron chi connectivity index (χ4n) is 2.79. The van der Waals surface area contributed by atoms with Gasteiger partial charge in [-0.25, -0.2) is 4.79 Å². The highest BCUT2D eigenvalue weighted by Gasteiger charge is 2.28. The Morgan fingerprint density at radius 2 is 2.05 bits per heavy atom. The molecule has 2 rings (SSSR count). The summed E-state index contributed by atoms with van der Waals surface area (Å²) in [4.78, 5) is 25.6. The fourth-order valence-corrected chi connectivity index (χ4v) is 2.79. The lowest BCUT2D eigenvalue weighted by molar-refractivity contribution is 0.280. The van der Waals surface area contributed by atoms with E-state index in [1.165, 1.54) is 10.8 Å². The number of nitrogens with zero attached hydrogens (tertiary/aromatic N) is 1. The molecular weight excluding hydrogens is 272 g/mol. The van der Waals surface area contributed by atoms with Crippen molar-refractivity contribution in [1.82, 2.24) is 9.55 Å². The van der Waals surface area contributed by atoms with Gasteiger partial charge in [0.05, 0.1) is 13.2 Å². The van der Waals surface area contributed by atoms with Gasteiger partial charge in [-0.2, -0.15) is 0 Å². The quantitative estimate of drug-likeness (QED) is 0.733. The van der Waals surface area contributed by atoms with Crippen LogP contribution < -0.4 is 11.2 Å². The van der Waals surface area contributed by atoms with Gasteiger partial charge in [0.2, 0.25) is 0 Å². The molecule has 1 atom stereocenters. The number of allylic oxidation sites excluding steroid dienone is 1. The van der Waals surface area contributed by atoms with Gasteiger partial charge >= 0.3 is 5.69 Å². The zero-order valence-electron chi connectivity index (χ0n) is 12.2. The molecule has 1 aliphatic rings. The van der Waals surface area contributed by atoms with E-state index in [0.29, 0.717) is 18.5 Å². The van der Waals surface area contributed by atoms with Gasteiger partial charge < -0.3 is 10.2 Å². The van der Waals surface area contributed by atoms with E-state index in [2.05, 4.69) is 4.98 Å². The second-order valence-electron chi connectivity index (χ2n) is 5.87. The Kier molecular flexibility index (Phi) is 4.29. The molecule has 0 spiro atoms. The van der Waals surface area contributed by atoms with Crippen LogP contribution in [0.25, 0.3) is 0 Å². The lowest BCUT2D eigenvalue weighted by atomic mass is 9.78. The van der Waals surface area contributed by atoms with Crippen molar-refractivity contribution in [2.24, 2.45) is 5.41 Å². The highest BCUT2D eigenvalue weighted by molar-refractivity contribution is 5.32. The third-order valence-electron chi connectivity index (χ3n) is 3.66. The monoisotopic (exact) mass is 292 g/mol. The van der Waals surface area contributed by atoms with Crippen LogP contribution in [0.5, 0.6) is 0 Å². The second-order valence-corrected chi connectivity index (χ2v) is 5.87. The summed E-state index contributed by atoms with van der Waals surface area (Å²) < 4.78 is 1.46. The molecule has 1 heterocycles. The molecule has 21 heavy (non-hydrogen) atoms. The maximum Gasteiger partial charge on any atom is 0.328 e. The van der Waals surface area contributed by atoms with Crippen LogP contribution in [-0.2, 0) is 6.54 Å². The fraction of sp³-hybridized carbons (Fsp3) is 0.467. The third-order valence-corrected chi connectivity index (χ3v) is 3.66. The first-order valence-electron chi connectivity index (χ1n) is 6.80. The first kappa shape index (κ1) is 15.5. The first-order valence-corrected chi connectivity index (χ1v) is 6.80. The molecule has 0 radical (unpaired) electrons. The largest absolute Gasteiger partial charge is 0.392 e. The van der Waals surface area contributed by atoms with E-state index in [1.54, 1.807) is 13.0 Å². The van der Waals surface area contributed by atoms with Crippen molar-refractivity contribution in [1.29, 1.82) is 0 Å². The van der Waals surface area contributed by atoms with Gasteiger partial charge in [-0.05, 0) is 24.5 Å². The Hall–Kier alpha value is -1.92. The van der Waals surface area contributed by atoms with Crippen molar-refractivity contribution in [2.45, 2.75) is 26.8 Å². The summed E-state index contributed by atoms with van der Waals surface area (Å²) in [5, 5.41) is 18.7. The van der Waals surface area contributed by atoms with E-state index in [4.69, 9.17) is 0 Å². The highest BCUT2D eigenvalue weighted by Crippen LogP contribution is 2.34. The Labute approximate surface area is 122 Å². The number of nitrogens with one attached hydrogen (secondary N) is 1. The topological polar surface area (TPSA) is 95.3 Å². The number of aliphatic hydroxyl groups excluding tert-OH is 2. The second kappa shape index (κ2) is 5.83. The van der Waals surface area contributed by atoms with Gasteiger partial charge in [-0.15, -0.1) is 0 Å². The lowest BCUT2D eigenvalue weighted by Gasteiger charge is -2.31. The lowest BCUT2D eigenvalue weighted by Crippen LogP contribution is -2.36.